The molecule has 1 aromatic carbocycles. The molecule has 31 heavy (non-hydrogen) atoms. The van der Waals surface area contributed by atoms with Crippen LogP contribution in [-0.2, 0) is 25.5 Å². The summed E-state index contributed by atoms with van der Waals surface area (Å²) in [6.45, 7) is 4.40. The van der Waals surface area contributed by atoms with Gasteiger partial charge in [0.2, 0.25) is 11.8 Å². The molecule has 2 atom stereocenters. The molecule has 2 fully saturated rings. The molecule has 0 unspecified atom stereocenters. The molecule has 0 aliphatic carbocycles. The number of nitrogens with zero attached hydrogens (tertiary/aromatic N) is 1. The molecule has 1 N–H and O–H groups in total. The maximum atomic E-state index is 13.2. The topological polar surface area (TPSA) is 75.7 Å². The summed E-state index contributed by atoms with van der Waals surface area (Å²) in [7, 11) is 1.64. The number of rotatable bonds is 5. The molecule has 0 saturated carbocycles. The number of hydrogen-bond donors (Lipinski definition) is 1. The van der Waals surface area contributed by atoms with Gasteiger partial charge in [-0.2, -0.15) is 0 Å². The molecule has 4 rings (SSSR count). The lowest BCUT2D eigenvalue weighted by Crippen LogP contribution is -2.46. The van der Waals surface area contributed by atoms with E-state index in [1.54, 1.807) is 37.1 Å². The molecule has 164 valence electrons. The molecular formula is C24H28N2O4S. The van der Waals surface area contributed by atoms with Gasteiger partial charge in [-0.05, 0) is 49.3 Å². The highest BCUT2D eigenvalue weighted by atomic mass is 32.1. The fourth-order valence-electron chi connectivity index (χ4n) is 4.78. The number of carbonyl (C=O) groups excluding carboxylic acids is 3. The minimum atomic E-state index is -0.815. The van der Waals surface area contributed by atoms with Crippen LogP contribution in [0.1, 0.15) is 32.3 Å². The monoisotopic (exact) mass is 440 g/mol. The highest BCUT2D eigenvalue weighted by Gasteiger charge is 2.51. The first-order valence-corrected chi connectivity index (χ1v) is 11.5. The molecule has 0 spiro atoms. The molecule has 1 aromatic heterocycles. The van der Waals surface area contributed by atoms with Crippen molar-refractivity contribution in [3.63, 3.8) is 0 Å². The van der Waals surface area contributed by atoms with Crippen molar-refractivity contribution in [1.82, 2.24) is 10.2 Å². The predicted octanol–water partition coefficient (Wildman–Crippen LogP) is 3.26. The maximum Gasteiger partial charge on any atom is 0.307 e. The zero-order chi connectivity index (χ0) is 22.2. The molecule has 0 radical (unpaired) electrons. The van der Waals surface area contributed by atoms with E-state index in [2.05, 4.69) is 41.0 Å². The first kappa shape index (κ1) is 21.6. The van der Waals surface area contributed by atoms with Crippen LogP contribution in [0.25, 0.3) is 10.4 Å². The number of ether oxygens (including phenoxy) is 1. The number of cyclic esters (lactones) is 1. The Morgan fingerprint density at radius 1 is 1.23 bits per heavy atom. The third-order valence-corrected chi connectivity index (χ3v) is 7.48. The van der Waals surface area contributed by atoms with Gasteiger partial charge in [-0.1, -0.05) is 30.3 Å². The normalized spacial score (nSPS) is 24.8. The first-order valence-electron chi connectivity index (χ1n) is 10.6. The predicted molar refractivity (Wildman–Crippen MR) is 119 cm³/mol. The Hall–Kier alpha value is -2.67. The van der Waals surface area contributed by atoms with Gasteiger partial charge in [0.1, 0.15) is 5.60 Å². The van der Waals surface area contributed by atoms with Crippen LogP contribution >= 0.6 is 11.3 Å². The SMILES string of the molecule is CNC(=O)[C@@]1(Cc2ccc(-c3cccs3)cc2)CCN(C(=O)[C@H]2CC(=O)OC2(C)C)C1. The molecule has 3 heterocycles. The molecule has 6 nitrogen and oxygen atoms in total. The van der Waals surface area contributed by atoms with Crippen LogP contribution in [0.15, 0.2) is 41.8 Å². The van der Waals surface area contributed by atoms with Crippen molar-refractivity contribution in [3.8, 4) is 10.4 Å². The van der Waals surface area contributed by atoms with Crippen LogP contribution in [0.4, 0.5) is 0 Å². The number of thiophene rings is 1. The number of carbonyl (C=O) groups is 3. The summed E-state index contributed by atoms with van der Waals surface area (Å²) in [5.41, 5.74) is 0.731. The van der Waals surface area contributed by atoms with E-state index >= 15 is 0 Å². The number of esters is 1. The van der Waals surface area contributed by atoms with Crippen molar-refractivity contribution in [1.29, 1.82) is 0 Å². The first-order chi connectivity index (χ1) is 14.7. The molecule has 7 heteroatoms. The quantitative estimate of drug-likeness (QED) is 0.724. The maximum absolute atomic E-state index is 13.2. The Bertz CT molecular complexity index is 984. The molecule has 0 bridgehead atoms. The van der Waals surface area contributed by atoms with Crippen LogP contribution in [0.2, 0.25) is 0 Å². The second-order valence-corrected chi connectivity index (χ2v) is 10.0. The van der Waals surface area contributed by atoms with Gasteiger partial charge in [-0.3, -0.25) is 14.4 Å². The van der Waals surface area contributed by atoms with Gasteiger partial charge in [-0.15, -0.1) is 11.3 Å². The zero-order valence-corrected chi connectivity index (χ0v) is 19.0. The fraction of sp³-hybridized carbons (Fsp3) is 0.458. The van der Waals surface area contributed by atoms with Crippen molar-refractivity contribution < 1.29 is 19.1 Å². The van der Waals surface area contributed by atoms with Crippen LogP contribution in [0.3, 0.4) is 0 Å². The summed E-state index contributed by atoms with van der Waals surface area (Å²) in [6.07, 6.45) is 1.25. The largest absolute Gasteiger partial charge is 0.459 e. The van der Waals surface area contributed by atoms with E-state index in [9.17, 15) is 14.4 Å². The number of hydrogen-bond acceptors (Lipinski definition) is 5. The fourth-order valence-corrected chi connectivity index (χ4v) is 5.51. The molecule has 2 aliphatic rings. The van der Waals surface area contributed by atoms with Gasteiger partial charge in [-0.25, -0.2) is 0 Å². The summed E-state index contributed by atoms with van der Waals surface area (Å²) in [4.78, 5) is 40.9. The Morgan fingerprint density at radius 3 is 2.55 bits per heavy atom. The van der Waals surface area contributed by atoms with Crippen LogP contribution in [0.5, 0.6) is 0 Å². The lowest BCUT2D eigenvalue weighted by Gasteiger charge is -2.30. The summed E-state index contributed by atoms with van der Waals surface area (Å²) in [5.74, 6) is -1.01. The Morgan fingerprint density at radius 2 is 1.97 bits per heavy atom. The van der Waals surface area contributed by atoms with Gasteiger partial charge < -0.3 is 15.0 Å². The minimum Gasteiger partial charge on any atom is -0.459 e. The zero-order valence-electron chi connectivity index (χ0n) is 18.1. The highest BCUT2D eigenvalue weighted by Crippen LogP contribution is 2.39. The third kappa shape index (κ3) is 4.11. The van der Waals surface area contributed by atoms with Crippen molar-refractivity contribution in [3.05, 3.63) is 47.3 Å². The Labute approximate surface area is 186 Å². The Kier molecular flexibility index (Phi) is 5.64. The van der Waals surface area contributed by atoms with Gasteiger partial charge in [0.25, 0.3) is 0 Å². The van der Waals surface area contributed by atoms with Crippen molar-refractivity contribution in [2.45, 2.75) is 38.7 Å². The van der Waals surface area contributed by atoms with Crippen LogP contribution < -0.4 is 5.32 Å². The van der Waals surface area contributed by atoms with Gasteiger partial charge in [0.15, 0.2) is 0 Å². The average molecular weight is 441 g/mol. The number of amides is 2. The van der Waals surface area contributed by atoms with Crippen molar-refractivity contribution >= 4 is 29.1 Å². The van der Waals surface area contributed by atoms with E-state index in [1.807, 2.05) is 6.07 Å². The third-order valence-electron chi connectivity index (χ3n) is 6.56. The lowest BCUT2D eigenvalue weighted by atomic mass is 9.79. The summed E-state index contributed by atoms with van der Waals surface area (Å²) in [5, 5.41) is 4.85. The standard InChI is InChI=1S/C24H28N2O4S/c1-23(2)18(13-20(27)30-23)21(28)26-11-10-24(15-26,22(29)25-3)14-16-6-8-17(9-7-16)19-5-4-12-31-19/h4-9,12,18H,10-11,13-15H2,1-3H3,(H,25,29)/t18-,24-/m1/s1. The van der Waals surface area contributed by atoms with Crippen molar-refractivity contribution in [2.75, 3.05) is 20.1 Å². The number of likely N-dealkylation sites (tertiary alicyclic amines) is 1. The van der Waals surface area contributed by atoms with Crippen molar-refractivity contribution in [2.24, 2.45) is 11.3 Å². The second-order valence-electron chi connectivity index (χ2n) is 9.05. The summed E-state index contributed by atoms with van der Waals surface area (Å²) < 4.78 is 5.34. The summed E-state index contributed by atoms with van der Waals surface area (Å²) >= 11 is 1.70. The molecular weight excluding hydrogens is 412 g/mol. The number of nitrogens with one attached hydrogen (secondary N) is 1. The van der Waals surface area contributed by atoms with Crippen LogP contribution in [-0.4, -0.2) is 48.4 Å². The molecule has 2 saturated heterocycles. The number of benzene rings is 1. The van der Waals surface area contributed by atoms with E-state index < -0.39 is 16.9 Å². The molecule has 2 aliphatic heterocycles. The smallest absolute Gasteiger partial charge is 0.307 e. The van der Waals surface area contributed by atoms with E-state index in [-0.39, 0.29) is 24.2 Å². The Balaban J connectivity index is 1.52. The lowest BCUT2D eigenvalue weighted by molar-refractivity contribution is -0.148. The van der Waals surface area contributed by atoms with Gasteiger partial charge >= 0.3 is 5.97 Å². The highest BCUT2D eigenvalue weighted by molar-refractivity contribution is 7.13. The van der Waals surface area contributed by atoms with E-state index in [1.165, 1.54) is 4.88 Å². The summed E-state index contributed by atoms with van der Waals surface area (Å²) in [6, 6.07) is 12.4. The van der Waals surface area contributed by atoms with E-state index in [4.69, 9.17) is 4.74 Å². The van der Waals surface area contributed by atoms with Gasteiger partial charge in [0.05, 0.1) is 17.8 Å². The van der Waals surface area contributed by atoms with E-state index in [0.717, 1.165) is 11.1 Å². The second kappa shape index (κ2) is 8.11. The van der Waals surface area contributed by atoms with Crippen LogP contribution in [0, 0.1) is 11.3 Å². The van der Waals surface area contributed by atoms with E-state index in [0.29, 0.717) is 25.9 Å². The molecule has 2 aromatic rings. The minimum absolute atomic E-state index is 0.0526. The average Bonchev–Trinajstić information content (AvgIpc) is 3.47. The van der Waals surface area contributed by atoms with Gasteiger partial charge in [0, 0.05) is 25.0 Å². The molecule has 2 amide bonds.